The first-order valence-corrected chi connectivity index (χ1v) is 7.47. The first-order chi connectivity index (χ1) is 8.66. The number of carbonyl (C=O) groups excluding carboxylic acids is 1. The largest absolute Gasteiger partial charge is 0.396 e. The number of hydrogen-bond acceptors (Lipinski definition) is 4. The second-order valence-corrected chi connectivity index (χ2v) is 5.10. The summed E-state index contributed by atoms with van der Waals surface area (Å²) in [7, 11) is 0. The number of nitrogens with one attached hydrogen (secondary N) is 1. The van der Waals surface area contributed by atoms with Gasteiger partial charge in [0.25, 0.3) is 5.91 Å². The van der Waals surface area contributed by atoms with E-state index in [0.29, 0.717) is 11.3 Å². The van der Waals surface area contributed by atoms with Crippen LogP contribution in [0.4, 0.5) is 11.4 Å². The highest BCUT2D eigenvalue weighted by molar-refractivity contribution is 7.98. The molecule has 0 aliphatic rings. The maximum absolute atomic E-state index is 11.1. The van der Waals surface area contributed by atoms with Gasteiger partial charge in [-0.15, -0.1) is 0 Å². The lowest BCUT2D eigenvalue weighted by molar-refractivity contribution is 0.100. The van der Waals surface area contributed by atoms with Crippen LogP contribution in [0.2, 0.25) is 0 Å². The average molecular weight is 267 g/mol. The minimum Gasteiger partial charge on any atom is -0.396 e. The van der Waals surface area contributed by atoms with Gasteiger partial charge < -0.3 is 16.8 Å². The number of unbranched alkanes of at least 4 members (excludes halogenated alkanes) is 2. The van der Waals surface area contributed by atoms with E-state index in [1.807, 2.05) is 17.8 Å². The molecule has 0 bridgehead atoms. The summed E-state index contributed by atoms with van der Waals surface area (Å²) in [4.78, 5) is 11.1. The summed E-state index contributed by atoms with van der Waals surface area (Å²) >= 11 is 1.87. The van der Waals surface area contributed by atoms with Gasteiger partial charge >= 0.3 is 0 Å². The number of carbonyl (C=O) groups is 1. The highest BCUT2D eigenvalue weighted by Crippen LogP contribution is 2.22. The van der Waals surface area contributed by atoms with Crippen LogP contribution in [0.3, 0.4) is 0 Å². The maximum Gasteiger partial charge on any atom is 0.250 e. The monoisotopic (exact) mass is 267 g/mol. The molecular formula is C13H21N3OS. The minimum atomic E-state index is -0.490. The molecule has 1 aromatic carbocycles. The molecule has 0 aromatic heterocycles. The first-order valence-electron chi connectivity index (χ1n) is 6.08. The molecule has 0 heterocycles. The zero-order valence-electron chi connectivity index (χ0n) is 10.7. The molecule has 0 unspecified atom stereocenters. The molecule has 5 N–H and O–H groups in total. The fraction of sp³-hybridized carbons (Fsp3) is 0.462. The lowest BCUT2D eigenvalue weighted by Gasteiger charge is -2.11. The molecule has 0 fully saturated rings. The number of rotatable bonds is 8. The molecule has 100 valence electrons. The van der Waals surface area contributed by atoms with Gasteiger partial charge in [-0.25, -0.2) is 0 Å². The van der Waals surface area contributed by atoms with Crippen LogP contribution in [0.1, 0.15) is 29.6 Å². The number of primary amides is 1. The van der Waals surface area contributed by atoms with Gasteiger partial charge in [0.15, 0.2) is 0 Å². The Bertz CT molecular complexity index is 396. The van der Waals surface area contributed by atoms with E-state index in [0.717, 1.165) is 18.7 Å². The topological polar surface area (TPSA) is 81.1 Å². The second kappa shape index (κ2) is 7.87. The Morgan fingerprint density at radius 2 is 2.11 bits per heavy atom. The molecule has 0 radical (unpaired) electrons. The number of hydrogen-bond donors (Lipinski definition) is 3. The first kappa shape index (κ1) is 14.7. The van der Waals surface area contributed by atoms with Crippen LogP contribution < -0.4 is 16.8 Å². The smallest absolute Gasteiger partial charge is 0.250 e. The van der Waals surface area contributed by atoms with Crippen molar-refractivity contribution in [3.63, 3.8) is 0 Å². The third kappa shape index (κ3) is 4.49. The van der Waals surface area contributed by atoms with Crippen molar-refractivity contribution in [2.75, 3.05) is 29.6 Å². The van der Waals surface area contributed by atoms with Crippen molar-refractivity contribution in [1.82, 2.24) is 0 Å². The Kier molecular flexibility index (Phi) is 6.43. The SMILES string of the molecule is CSCCCCCNc1cccc(C(N)=O)c1N. The fourth-order valence-corrected chi connectivity index (χ4v) is 2.20. The predicted molar refractivity (Wildman–Crippen MR) is 80.1 cm³/mol. The second-order valence-electron chi connectivity index (χ2n) is 4.11. The fourth-order valence-electron chi connectivity index (χ4n) is 1.71. The van der Waals surface area contributed by atoms with Crippen molar-refractivity contribution in [1.29, 1.82) is 0 Å². The number of para-hydroxylation sites is 1. The highest BCUT2D eigenvalue weighted by Gasteiger charge is 2.08. The number of nitrogens with two attached hydrogens (primary N) is 2. The van der Waals surface area contributed by atoms with Gasteiger partial charge in [0.2, 0.25) is 0 Å². The minimum absolute atomic E-state index is 0.377. The van der Waals surface area contributed by atoms with Gasteiger partial charge in [-0.05, 0) is 37.0 Å². The number of amides is 1. The molecule has 0 aliphatic carbocycles. The molecule has 0 spiro atoms. The van der Waals surface area contributed by atoms with Gasteiger partial charge in [-0.1, -0.05) is 12.5 Å². The molecule has 5 heteroatoms. The van der Waals surface area contributed by atoms with Crippen molar-refractivity contribution in [3.8, 4) is 0 Å². The van der Waals surface area contributed by atoms with E-state index in [-0.39, 0.29) is 0 Å². The normalized spacial score (nSPS) is 10.3. The zero-order valence-corrected chi connectivity index (χ0v) is 11.6. The van der Waals surface area contributed by atoms with Crippen LogP contribution in [0, 0.1) is 0 Å². The molecule has 0 aliphatic heterocycles. The molecule has 4 nitrogen and oxygen atoms in total. The zero-order chi connectivity index (χ0) is 13.4. The van der Waals surface area contributed by atoms with Gasteiger partial charge in [0.05, 0.1) is 16.9 Å². The van der Waals surface area contributed by atoms with Gasteiger partial charge in [-0.2, -0.15) is 11.8 Å². The number of nitrogen functional groups attached to an aromatic ring is 1. The van der Waals surface area contributed by atoms with Crippen molar-refractivity contribution < 1.29 is 4.79 Å². The molecule has 0 saturated carbocycles. The molecule has 1 amide bonds. The molecule has 18 heavy (non-hydrogen) atoms. The lowest BCUT2D eigenvalue weighted by Crippen LogP contribution is -2.15. The third-order valence-corrected chi connectivity index (χ3v) is 3.41. The van der Waals surface area contributed by atoms with E-state index in [4.69, 9.17) is 11.5 Å². The molecule has 0 atom stereocenters. The van der Waals surface area contributed by atoms with Crippen molar-refractivity contribution in [2.24, 2.45) is 5.73 Å². The molecule has 0 saturated heterocycles. The Morgan fingerprint density at radius 1 is 1.33 bits per heavy atom. The van der Waals surface area contributed by atoms with Crippen LogP contribution in [0.25, 0.3) is 0 Å². The summed E-state index contributed by atoms with van der Waals surface area (Å²) in [6.07, 6.45) is 5.65. The summed E-state index contributed by atoms with van der Waals surface area (Å²) < 4.78 is 0. The van der Waals surface area contributed by atoms with Gasteiger partial charge in [-0.3, -0.25) is 4.79 Å². The Labute approximate surface area is 113 Å². The van der Waals surface area contributed by atoms with Crippen molar-refractivity contribution in [2.45, 2.75) is 19.3 Å². The summed E-state index contributed by atoms with van der Waals surface area (Å²) in [5.74, 6) is 0.718. The quantitative estimate of drug-likeness (QED) is 0.499. The maximum atomic E-state index is 11.1. The van der Waals surface area contributed by atoms with E-state index in [1.54, 1.807) is 12.1 Å². The third-order valence-electron chi connectivity index (χ3n) is 2.71. The van der Waals surface area contributed by atoms with Crippen LogP contribution >= 0.6 is 11.8 Å². The van der Waals surface area contributed by atoms with E-state index in [2.05, 4.69) is 11.6 Å². The Hall–Kier alpha value is -1.36. The van der Waals surface area contributed by atoms with Gasteiger partial charge in [0.1, 0.15) is 0 Å². The Morgan fingerprint density at radius 3 is 2.78 bits per heavy atom. The summed E-state index contributed by atoms with van der Waals surface area (Å²) in [6.45, 7) is 0.862. The Balaban J connectivity index is 2.43. The van der Waals surface area contributed by atoms with E-state index in [9.17, 15) is 4.79 Å². The van der Waals surface area contributed by atoms with Crippen LogP contribution in [-0.2, 0) is 0 Å². The van der Waals surface area contributed by atoms with E-state index in [1.165, 1.54) is 18.6 Å². The lowest BCUT2D eigenvalue weighted by atomic mass is 10.1. The van der Waals surface area contributed by atoms with Crippen molar-refractivity contribution >= 4 is 29.0 Å². The van der Waals surface area contributed by atoms with E-state index < -0.39 is 5.91 Å². The van der Waals surface area contributed by atoms with Crippen LogP contribution in [0.5, 0.6) is 0 Å². The summed E-state index contributed by atoms with van der Waals surface area (Å²) in [6, 6.07) is 5.29. The average Bonchev–Trinajstić information content (AvgIpc) is 2.35. The van der Waals surface area contributed by atoms with E-state index >= 15 is 0 Å². The van der Waals surface area contributed by atoms with Gasteiger partial charge in [0, 0.05) is 6.54 Å². The van der Waals surface area contributed by atoms with Crippen LogP contribution in [-0.4, -0.2) is 24.5 Å². The number of anilines is 2. The molecular weight excluding hydrogens is 246 g/mol. The number of benzene rings is 1. The summed E-state index contributed by atoms with van der Waals surface area (Å²) in [5, 5.41) is 3.25. The molecule has 1 rings (SSSR count). The summed E-state index contributed by atoms with van der Waals surface area (Å²) in [5.41, 5.74) is 12.7. The van der Waals surface area contributed by atoms with Crippen LogP contribution in [0.15, 0.2) is 18.2 Å². The highest BCUT2D eigenvalue weighted by atomic mass is 32.2. The standard InChI is InChI=1S/C13H21N3OS/c1-18-9-4-2-3-8-16-11-7-5-6-10(12(11)14)13(15)17/h5-7,16H,2-4,8-9,14H2,1H3,(H2,15,17). The van der Waals surface area contributed by atoms with Crippen molar-refractivity contribution in [3.05, 3.63) is 23.8 Å². The molecule has 1 aromatic rings. The predicted octanol–water partition coefficient (Wildman–Crippen LogP) is 2.31. The number of thioether (sulfide) groups is 1.